The second-order valence-electron chi connectivity index (χ2n) is 7.51. The monoisotopic (exact) mass is 416 g/mol. The van der Waals surface area contributed by atoms with E-state index in [9.17, 15) is 13.2 Å². The number of ether oxygens (including phenoxy) is 1. The van der Waals surface area contributed by atoms with E-state index in [1.807, 2.05) is 25.1 Å². The molecule has 6 nitrogen and oxygen atoms in total. The first kappa shape index (κ1) is 21.3. The average Bonchev–Trinajstić information content (AvgIpc) is 2.70. The first-order chi connectivity index (χ1) is 13.8. The van der Waals surface area contributed by atoms with Crippen molar-refractivity contribution in [3.8, 4) is 5.75 Å². The van der Waals surface area contributed by atoms with Gasteiger partial charge in [-0.15, -0.1) is 0 Å². The number of amides is 1. The number of anilines is 1. The molecule has 156 valence electrons. The SMILES string of the molecule is Cc1cccc(OC(C)C(=O)Nc2ccc(C)c(S(=O)(=O)N3CCCCC3)c2)c1. The zero-order chi connectivity index (χ0) is 21.0. The number of carbonyl (C=O) groups excluding carboxylic acids is 1. The van der Waals surface area contributed by atoms with Crippen LogP contribution >= 0.6 is 0 Å². The molecular formula is C22H28N2O4S. The lowest BCUT2D eigenvalue weighted by Gasteiger charge is -2.26. The van der Waals surface area contributed by atoms with Crippen LogP contribution in [0.5, 0.6) is 5.75 Å². The number of nitrogens with one attached hydrogen (secondary N) is 1. The number of piperidine rings is 1. The summed E-state index contributed by atoms with van der Waals surface area (Å²) < 4.78 is 33.3. The number of carbonyl (C=O) groups is 1. The Morgan fingerprint density at radius 1 is 1.07 bits per heavy atom. The Balaban J connectivity index is 1.74. The van der Waals surface area contributed by atoms with Gasteiger partial charge in [0.1, 0.15) is 5.75 Å². The van der Waals surface area contributed by atoms with Crippen LogP contribution in [-0.4, -0.2) is 37.8 Å². The number of hydrogen-bond donors (Lipinski definition) is 1. The van der Waals surface area contributed by atoms with Crippen LogP contribution in [0.1, 0.15) is 37.3 Å². The molecular weight excluding hydrogens is 388 g/mol. The number of benzene rings is 2. The molecule has 1 fully saturated rings. The lowest BCUT2D eigenvalue weighted by Crippen LogP contribution is -2.36. The molecule has 29 heavy (non-hydrogen) atoms. The van der Waals surface area contributed by atoms with Crippen molar-refractivity contribution in [2.24, 2.45) is 0 Å². The summed E-state index contributed by atoms with van der Waals surface area (Å²) in [4.78, 5) is 12.8. The van der Waals surface area contributed by atoms with E-state index in [4.69, 9.17) is 4.74 Å². The van der Waals surface area contributed by atoms with Crippen molar-refractivity contribution >= 4 is 21.6 Å². The molecule has 0 bridgehead atoms. The van der Waals surface area contributed by atoms with Crippen molar-refractivity contribution in [1.82, 2.24) is 4.31 Å². The first-order valence-corrected chi connectivity index (χ1v) is 11.4. The van der Waals surface area contributed by atoms with Crippen molar-refractivity contribution in [1.29, 1.82) is 0 Å². The maximum Gasteiger partial charge on any atom is 0.265 e. The Labute approximate surface area is 172 Å². The molecule has 0 radical (unpaired) electrons. The Morgan fingerprint density at radius 2 is 1.79 bits per heavy atom. The van der Waals surface area contributed by atoms with Crippen molar-refractivity contribution in [2.45, 2.75) is 51.0 Å². The Hall–Kier alpha value is -2.38. The van der Waals surface area contributed by atoms with E-state index in [2.05, 4.69) is 5.32 Å². The molecule has 0 aliphatic carbocycles. The maximum atomic E-state index is 13.0. The van der Waals surface area contributed by atoms with Gasteiger partial charge in [-0.1, -0.05) is 24.6 Å². The molecule has 1 heterocycles. The lowest BCUT2D eigenvalue weighted by molar-refractivity contribution is -0.122. The number of aryl methyl sites for hydroxylation is 2. The zero-order valence-corrected chi connectivity index (χ0v) is 18.0. The van der Waals surface area contributed by atoms with Crippen molar-refractivity contribution in [2.75, 3.05) is 18.4 Å². The largest absolute Gasteiger partial charge is 0.481 e. The van der Waals surface area contributed by atoms with Crippen LogP contribution in [0.4, 0.5) is 5.69 Å². The normalized spacial score (nSPS) is 16.2. The van der Waals surface area contributed by atoms with Gasteiger partial charge in [0.15, 0.2) is 6.10 Å². The zero-order valence-electron chi connectivity index (χ0n) is 17.1. The van der Waals surface area contributed by atoms with E-state index in [0.717, 1.165) is 24.8 Å². The van der Waals surface area contributed by atoms with Gasteiger partial charge in [-0.25, -0.2) is 8.42 Å². The van der Waals surface area contributed by atoms with Gasteiger partial charge in [-0.3, -0.25) is 4.79 Å². The van der Waals surface area contributed by atoms with Crippen LogP contribution in [0.2, 0.25) is 0 Å². The molecule has 1 N–H and O–H groups in total. The molecule has 0 aromatic heterocycles. The van der Waals surface area contributed by atoms with Crippen LogP contribution in [0, 0.1) is 13.8 Å². The Bertz CT molecular complexity index is 982. The highest BCUT2D eigenvalue weighted by Gasteiger charge is 2.28. The third kappa shape index (κ3) is 5.16. The molecule has 2 aromatic carbocycles. The second-order valence-corrected chi connectivity index (χ2v) is 9.42. The van der Waals surface area contributed by atoms with Gasteiger partial charge in [0.2, 0.25) is 10.0 Å². The number of hydrogen-bond acceptors (Lipinski definition) is 4. The van der Waals surface area contributed by atoms with E-state index in [0.29, 0.717) is 30.1 Å². The molecule has 1 aliphatic heterocycles. The third-order valence-electron chi connectivity index (χ3n) is 5.06. The van der Waals surface area contributed by atoms with Crippen molar-refractivity contribution in [3.63, 3.8) is 0 Å². The smallest absolute Gasteiger partial charge is 0.265 e. The lowest BCUT2D eigenvalue weighted by atomic mass is 10.2. The van der Waals surface area contributed by atoms with Gasteiger partial charge in [-0.05, 0) is 69.0 Å². The van der Waals surface area contributed by atoms with E-state index in [-0.39, 0.29) is 10.8 Å². The van der Waals surface area contributed by atoms with Crippen molar-refractivity contribution < 1.29 is 17.9 Å². The number of sulfonamides is 1. The van der Waals surface area contributed by atoms with E-state index in [1.54, 1.807) is 32.0 Å². The minimum atomic E-state index is -3.57. The molecule has 7 heteroatoms. The summed E-state index contributed by atoms with van der Waals surface area (Å²) in [5.41, 5.74) is 2.15. The number of nitrogens with zero attached hydrogens (tertiary/aromatic N) is 1. The quantitative estimate of drug-likeness (QED) is 0.775. The predicted octanol–water partition coefficient (Wildman–Crippen LogP) is 3.88. The maximum absolute atomic E-state index is 13.0. The highest BCUT2D eigenvalue weighted by Crippen LogP contribution is 2.26. The fourth-order valence-corrected chi connectivity index (χ4v) is 5.16. The topological polar surface area (TPSA) is 75.7 Å². The molecule has 3 rings (SSSR count). The summed E-state index contributed by atoms with van der Waals surface area (Å²) >= 11 is 0. The van der Waals surface area contributed by atoms with Crippen LogP contribution in [0.25, 0.3) is 0 Å². The molecule has 1 aliphatic rings. The van der Waals surface area contributed by atoms with Crippen LogP contribution in [-0.2, 0) is 14.8 Å². The van der Waals surface area contributed by atoms with Crippen molar-refractivity contribution in [3.05, 3.63) is 53.6 Å². The molecule has 0 saturated carbocycles. The molecule has 1 saturated heterocycles. The highest BCUT2D eigenvalue weighted by atomic mass is 32.2. The number of rotatable bonds is 6. The van der Waals surface area contributed by atoms with Gasteiger partial charge in [0.25, 0.3) is 5.91 Å². The van der Waals surface area contributed by atoms with E-state index in [1.165, 1.54) is 10.4 Å². The minimum absolute atomic E-state index is 0.240. The van der Waals surface area contributed by atoms with Gasteiger partial charge in [0, 0.05) is 18.8 Å². The Morgan fingerprint density at radius 3 is 2.48 bits per heavy atom. The van der Waals surface area contributed by atoms with E-state index < -0.39 is 16.1 Å². The predicted molar refractivity (Wildman–Crippen MR) is 114 cm³/mol. The van der Waals surface area contributed by atoms with Gasteiger partial charge < -0.3 is 10.1 Å². The summed E-state index contributed by atoms with van der Waals surface area (Å²) in [5, 5.41) is 2.77. The summed E-state index contributed by atoms with van der Waals surface area (Å²) in [6.07, 6.45) is 2.09. The fraction of sp³-hybridized carbons (Fsp3) is 0.409. The van der Waals surface area contributed by atoms with Gasteiger partial charge in [0.05, 0.1) is 4.90 Å². The third-order valence-corrected chi connectivity index (χ3v) is 7.10. The van der Waals surface area contributed by atoms with Crippen LogP contribution < -0.4 is 10.1 Å². The Kier molecular flexibility index (Phi) is 6.59. The van der Waals surface area contributed by atoms with Gasteiger partial charge >= 0.3 is 0 Å². The average molecular weight is 417 g/mol. The molecule has 0 spiro atoms. The fourth-order valence-electron chi connectivity index (χ4n) is 3.39. The standard InChI is InChI=1S/C22H28N2O4S/c1-16-8-7-9-20(14-16)28-18(3)22(25)23-19-11-10-17(2)21(15-19)29(26,27)24-12-5-4-6-13-24/h7-11,14-15,18H,4-6,12-13H2,1-3H3,(H,23,25). The summed E-state index contributed by atoms with van der Waals surface area (Å²) in [7, 11) is -3.57. The summed E-state index contributed by atoms with van der Waals surface area (Å²) in [5.74, 6) is 0.279. The van der Waals surface area contributed by atoms with Crippen LogP contribution in [0.15, 0.2) is 47.4 Å². The summed E-state index contributed by atoms with van der Waals surface area (Å²) in [6, 6.07) is 12.4. The van der Waals surface area contributed by atoms with E-state index >= 15 is 0 Å². The van der Waals surface area contributed by atoms with Crippen LogP contribution in [0.3, 0.4) is 0 Å². The molecule has 1 amide bonds. The summed E-state index contributed by atoms with van der Waals surface area (Å²) in [6.45, 7) is 6.47. The van der Waals surface area contributed by atoms with Gasteiger partial charge in [-0.2, -0.15) is 4.31 Å². The molecule has 1 unspecified atom stereocenters. The molecule has 2 aromatic rings. The molecule has 1 atom stereocenters. The highest BCUT2D eigenvalue weighted by molar-refractivity contribution is 7.89. The first-order valence-electron chi connectivity index (χ1n) is 9.92. The second kappa shape index (κ2) is 8.97. The minimum Gasteiger partial charge on any atom is -0.481 e.